The first-order valence-corrected chi connectivity index (χ1v) is 6.81. The molecule has 1 aromatic rings. The second-order valence-electron chi connectivity index (χ2n) is 5.07. The lowest BCUT2D eigenvalue weighted by atomic mass is 9.95. The molecule has 3 rings (SSSR count). The summed E-state index contributed by atoms with van der Waals surface area (Å²) in [6.07, 6.45) is 8.25. The maximum atomic E-state index is 5.75. The monoisotopic (exact) mass is 235 g/mol. The molecular formula is C13H21N3O. The summed E-state index contributed by atoms with van der Waals surface area (Å²) in [6, 6.07) is 2.17. The van der Waals surface area contributed by atoms with Crippen LogP contribution in [0.5, 0.6) is 0 Å². The summed E-state index contributed by atoms with van der Waals surface area (Å²) < 4.78 is 7.78. The van der Waals surface area contributed by atoms with Gasteiger partial charge in [0.15, 0.2) is 0 Å². The summed E-state index contributed by atoms with van der Waals surface area (Å²) in [5, 5.41) is 8.12. The number of ether oxygens (including phenoxy) is 1. The smallest absolute Gasteiger partial charge is 0.150 e. The summed E-state index contributed by atoms with van der Waals surface area (Å²) in [6.45, 7) is 3.13. The van der Waals surface area contributed by atoms with Gasteiger partial charge in [-0.05, 0) is 51.3 Å². The minimum Gasteiger partial charge on any atom is -0.357 e. The van der Waals surface area contributed by atoms with Gasteiger partial charge < -0.3 is 10.1 Å². The fourth-order valence-electron chi connectivity index (χ4n) is 2.78. The van der Waals surface area contributed by atoms with Gasteiger partial charge in [0.25, 0.3) is 0 Å². The average molecular weight is 235 g/mol. The lowest BCUT2D eigenvalue weighted by Crippen LogP contribution is -2.27. The molecule has 1 N–H and O–H groups in total. The Labute approximate surface area is 102 Å². The Kier molecular flexibility index (Phi) is 3.43. The largest absolute Gasteiger partial charge is 0.357 e. The number of aromatic nitrogens is 2. The second kappa shape index (κ2) is 5.19. The van der Waals surface area contributed by atoms with E-state index in [1.54, 1.807) is 0 Å². The van der Waals surface area contributed by atoms with Crippen LogP contribution in [0.15, 0.2) is 12.3 Å². The maximum Gasteiger partial charge on any atom is 0.150 e. The quantitative estimate of drug-likeness (QED) is 0.852. The molecule has 1 aromatic heterocycles. The van der Waals surface area contributed by atoms with Crippen molar-refractivity contribution >= 4 is 0 Å². The lowest BCUT2D eigenvalue weighted by molar-refractivity contribution is -0.0397. The number of hydrogen-bond donors (Lipinski definition) is 1. The first kappa shape index (κ1) is 11.2. The van der Waals surface area contributed by atoms with Gasteiger partial charge in [0.05, 0.1) is 5.69 Å². The van der Waals surface area contributed by atoms with Crippen LogP contribution in [0, 0.1) is 0 Å². The van der Waals surface area contributed by atoms with E-state index in [0.717, 1.165) is 26.1 Å². The van der Waals surface area contributed by atoms with Gasteiger partial charge in [0.2, 0.25) is 0 Å². The van der Waals surface area contributed by atoms with Crippen LogP contribution in [0.25, 0.3) is 0 Å². The average Bonchev–Trinajstić information content (AvgIpc) is 2.90. The topological polar surface area (TPSA) is 39.1 Å². The van der Waals surface area contributed by atoms with E-state index < -0.39 is 0 Å². The number of rotatable bonds is 2. The van der Waals surface area contributed by atoms with Crippen molar-refractivity contribution in [3.8, 4) is 0 Å². The van der Waals surface area contributed by atoms with E-state index in [2.05, 4.69) is 17.6 Å². The molecule has 0 aliphatic carbocycles. The molecule has 2 aliphatic heterocycles. The van der Waals surface area contributed by atoms with E-state index in [9.17, 15) is 0 Å². The number of nitrogens with zero attached hydrogens (tertiary/aromatic N) is 2. The molecule has 0 spiro atoms. The number of hydrogen-bond acceptors (Lipinski definition) is 3. The first-order chi connectivity index (χ1) is 8.43. The summed E-state index contributed by atoms with van der Waals surface area (Å²) in [7, 11) is 0. The van der Waals surface area contributed by atoms with Crippen LogP contribution >= 0.6 is 0 Å². The highest BCUT2D eigenvalue weighted by Gasteiger charge is 2.20. The van der Waals surface area contributed by atoms with Crippen molar-refractivity contribution in [2.75, 3.05) is 19.7 Å². The van der Waals surface area contributed by atoms with E-state index in [0.29, 0.717) is 5.92 Å². The number of nitrogens with one attached hydrogen (secondary N) is 1. The first-order valence-electron chi connectivity index (χ1n) is 6.81. The molecule has 94 valence electrons. The number of piperidine rings is 1. The van der Waals surface area contributed by atoms with Gasteiger partial charge in [-0.3, -0.25) is 0 Å². The molecule has 2 saturated heterocycles. The molecule has 3 heterocycles. The van der Waals surface area contributed by atoms with E-state index in [1.165, 1.54) is 31.4 Å². The maximum absolute atomic E-state index is 5.75. The Hall–Kier alpha value is -0.870. The Morgan fingerprint density at radius 1 is 1.24 bits per heavy atom. The van der Waals surface area contributed by atoms with E-state index in [-0.39, 0.29) is 6.23 Å². The molecule has 4 nitrogen and oxygen atoms in total. The molecule has 2 fully saturated rings. The highest BCUT2D eigenvalue weighted by Crippen LogP contribution is 2.26. The van der Waals surface area contributed by atoms with Gasteiger partial charge >= 0.3 is 0 Å². The third-order valence-corrected chi connectivity index (χ3v) is 3.84. The van der Waals surface area contributed by atoms with Gasteiger partial charge in [-0.25, -0.2) is 4.68 Å². The standard InChI is InChI=1S/C13H21N3O/c1-2-10-17-13(3-1)16-9-6-12(15-16)11-4-7-14-8-5-11/h6,9,11,13-14H,1-5,7-8,10H2. The van der Waals surface area contributed by atoms with Crippen LogP contribution in [-0.4, -0.2) is 29.5 Å². The van der Waals surface area contributed by atoms with Crippen LogP contribution < -0.4 is 5.32 Å². The fraction of sp³-hybridized carbons (Fsp3) is 0.769. The molecule has 0 bridgehead atoms. The van der Waals surface area contributed by atoms with Gasteiger partial charge in [-0.1, -0.05) is 0 Å². The molecule has 0 radical (unpaired) electrons. The predicted octanol–water partition coefficient (Wildman–Crippen LogP) is 2.05. The van der Waals surface area contributed by atoms with Crippen molar-refractivity contribution in [2.24, 2.45) is 0 Å². The van der Waals surface area contributed by atoms with Crippen molar-refractivity contribution in [1.29, 1.82) is 0 Å². The Morgan fingerprint density at radius 3 is 2.88 bits per heavy atom. The zero-order valence-corrected chi connectivity index (χ0v) is 10.3. The summed E-state index contributed by atoms with van der Waals surface area (Å²) in [4.78, 5) is 0. The van der Waals surface area contributed by atoms with Crippen molar-refractivity contribution in [3.63, 3.8) is 0 Å². The van der Waals surface area contributed by atoms with Gasteiger partial charge in [0.1, 0.15) is 6.23 Å². The molecule has 0 aromatic carbocycles. The molecule has 17 heavy (non-hydrogen) atoms. The molecule has 4 heteroatoms. The molecular weight excluding hydrogens is 214 g/mol. The summed E-state index contributed by atoms with van der Waals surface area (Å²) >= 11 is 0. The lowest BCUT2D eigenvalue weighted by Gasteiger charge is -2.23. The normalized spacial score (nSPS) is 27.2. The highest BCUT2D eigenvalue weighted by atomic mass is 16.5. The van der Waals surface area contributed by atoms with Crippen LogP contribution in [0.1, 0.15) is 49.9 Å². The van der Waals surface area contributed by atoms with Crippen LogP contribution in [0.2, 0.25) is 0 Å². The van der Waals surface area contributed by atoms with Crippen LogP contribution in [-0.2, 0) is 4.74 Å². The third-order valence-electron chi connectivity index (χ3n) is 3.84. The Bertz CT molecular complexity index is 319. The van der Waals surface area contributed by atoms with E-state index in [4.69, 9.17) is 9.84 Å². The van der Waals surface area contributed by atoms with E-state index in [1.807, 2.05) is 4.68 Å². The van der Waals surface area contributed by atoms with Crippen LogP contribution in [0.3, 0.4) is 0 Å². The molecule has 2 aliphatic rings. The third kappa shape index (κ3) is 2.53. The summed E-state index contributed by atoms with van der Waals surface area (Å²) in [5.41, 5.74) is 1.25. The van der Waals surface area contributed by atoms with Crippen molar-refractivity contribution in [1.82, 2.24) is 15.1 Å². The van der Waals surface area contributed by atoms with Gasteiger partial charge in [-0.15, -0.1) is 0 Å². The summed E-state index contributed by atoms with van der Waals surface area (Å²) in [5.74, 6) is 0.640. The minimum atomic E-state index is 0.180. The van der Waals surface area contributed by atoms with Crippen molar-refractivity contribution in [2.45, 2.75) is 44.2 Å². The van der Waals surface area contributed by atoms with Crippen LogP contribution in [0.4, 0.5) is 0 Å². The zero-order chi connectivity index (χ0) is 11.5. The molecule has 1 atom stereocenters. The fourth-order valence-corrected chi connectivity index (χ4v) is 2.78. The van der Waals surface area contributed by atoms with Crippen molar-refractivity contribution < 1.29 is 4.74 Å². The Balaban J connectivity index is 1.68. The SMILES string of the molecule is c1cn(C2CCCCO2)nc1C1CCNCC1. The predicted molar refractivity (Wildman–Crippen MR) is 65.9 cm³/mol. The zero-order valence-electron chi connectivity index (χ0n) is 10.3. The Morgan fingerprint density at radius 2 is 2.12 bits per heavy atom. The molecule has 0 amide bonds. The highest BCUT2D eigenvalue weighted by molar-refractivity contribution is 5.08. The second-order valence-corrected chi connectivity index (χ2v) is 5.07. The minimum absolute atomic E-state index is 0.180. The molecule has 1 unspecified atom stereocenters. The van der Waals surface area contributed by atoms with Crippen molar-refractivity contribution in [3.05, 3.63) is 18.0 Å². The van der Waals surface area contributed by atoms with Gasteiger partial charge in [-0.2, -0.15) is 5.10 Å². The van der Waals surface area contributed by atoms with E-state index >= 15 is 0 Å². The van der Waals surface area contributed by atoms with Gasteiger partial charge in [0, 0.05) is 18.7 Å². The molecule has 0 saturated carbocycles.